The third-order valence-corrected chi connectivity index (χ3v) is 1.09. The van der Waals surface area contributed by atoms with Gasteiger partial charge in [0.1, 0.15) is 6.61 Å². The highest BCUT2D eigenvalue weighted by Crippen LogP contribution is 2.10. The molecule has 9 nitrogen and oxygen atoms in total. The minimum Gasteiger partial charge on any atom is -0.479 e. The number of rotatable bonds is 4. The van der Waals surface area contributed by atoms with Gasteiger partial charge in [-0.3, -0.25) is 0 Å². The van der Waals surface area contributed by atoms with Crippen molar-refractivity contribution in [1.29, 1.82) is 0 Å². The second-order valence-corrected chi connectivity index (χ2v) is 2.33. The van der Waals surface area contributed by atoms with Gasteiger partial charge in [0.05, 0.1) is 6.61 Å². The highest BCUT2D eigenvalue weighted by Gasteiger charge is 2.03. The molecule has 0 fully saturated rings. The highest BCUT2D eigenvalue weighted by atomic mass is 16.5. The molecule has 0 aliphatic rings. The van der Waals surface area contributed by atoms with Crippen molar-refractivity contribution in [3.8, 4) is 18.0 Å². The second kappa shape index (κ2) is 7.82. The summed E-state index contributed by atoms with van der Waals surface area (Å²) in [7, 11) is 0. The lowest BCUT2D eigenvalue weighted by Crippen LogP contribution is -2.05. The van der Waals surface area contributed by atoms with Crippen LogP contribution in [-0.2, 0) is 4.79 Å². The van der Waals surface area contributed by atoms with Gasteiger partial charge >= 0.3 is 24.0 Å². The molecule has 0 saturated carbocycles. The smallest absolute Gasteiger partial charge is 0.327 e. The molecule has 0 aliphatic carbocycles. The van der Waals surface area contributed by atoms with E-state index in [1.54, 1.807) is 0 Å². The first-order chi connectivity index (χ1) is 7.99. The van der Waals surface area contributed by atoms with Crippen LogP contribution in [0.1, 0.15) is 0 Å². The average Bonchev–Trinajstić information content (AvgIpc) is 2.26. The summed E-state index contributed by atoms with van der Waals surface area (Å²) in [5, 5.41) is 33.4. The fourth-order valence-electron chi connectivity index (χ4n) is 0.537. The molecule has 1 aromatic heterocycles. The number of hydrogen-bond donors (Lipinski definition) is 4. The van der Waals surface area contributed by atoms with Crippen LogP contribution in [0.4, 0.5) is 0 Å². The standard InChI is InChI=1S/C5H7N3O4.C3H4O2/c9-1-2-12-5-7-3(10)6-4(11)8-5;1-2-3(4)5/h9H,1-2H2,(H2,6,7,8,10,11);2H,1H2,(H,4,5). The lowest BCUT2D eigenvalue weighted by Gasteiger charge is -2.00. The first-order valence-electron chi connectivity index (χ1n) is 4.22. The van der Waals surface area contributed by atoms with E-state index in [9.17, 15) is 4.79 Å². The summed E-state index contributed by atoms with van der Waals surface area (Å²) in [6.07, 6.45) is 0.833. The van der Waals surface area contributed by atoms with E-state index in [-0.39, 0.29) is 19.2 Å². The molecule has 17 heavy (non-hydrogen) atoms. The van der Waals surface area contributed by atoms with Gasteiger partial charge in [0.25, 0.3) is 0 Å². The van der Waals surface area contributed by atoms with E-state index >= 15 is 0 Å². The molecule has 0 saturated heterocycles. The van der Waals surface area contributed by atoms with E-state index in [1.807, 2.05) is 0 Å². The number of aromatic hydroxyl groups is 2. The van der Waals surface area contributed by atoms with Crippen molar-refractivity contribution in [3.63, 3.8) is 0 Å². The van der Waals surface area contributed by atoms with Gasteiger partial charge in [-0.1, -0.05) is 6.58 Å². The quantitative estimate of drug-likeness (QED) is 0.486. The van der Waals surface area contributed by atoms with Gasteiger partial charge < -0.3 is 25.2 Å². The number of nitrogens with zero attached hydrogens (tertiary/aromatic N) is 3. The summed E-state index contributed by atoms with van der Waals surface area (Å²) in [6, 6.07) is -1.49. The number of carbonyl (C=O) groups is 1. The topological polar surface area (TPSA) is 146 Å². The minimum absolute atomic E-state index is 0.0110. The minimum atomic E-state index is -0.981. The molecule has 9 heteroatoms. The highest BCUT2D eigenvalue weighted by molar-refractivity contribution is 5.78. The molecule has 1 rings (SSSR count). The molecule has 0 aliphatic heterocycles. The average molecular weight is 245 g/mol. The van der Waals surface area contributed by atoms with E-state index in [2.05, 4.69) is 26.3 Å². The summed E-state index contributed by atoms with van der Waals surface area (Å²) >= 11 is 0. The van der Waals surface area contributed by atoms with Gasteiger partial charge in [0.15, 0.2) is 0 Å². The van der Waals surface area contributed by atoms with Crippen molar-refractivity contribution >= 4 is 5.97 Å². The third kappa shape index (κ3) is 7.50. The van der Waals surface area contributed by atoms with Crippen molar-refractivity contribution in [2.75, 3.05) is 13.2 Å². The maximum atomic E-state index is 9.25. The molecule has 0 bridgehead atoms. The van der Waals surface area contributed by atoms with Crippen LogP contribution in [0.2, 0.25) is 0 Å². The number of carboxylic acids is 1. The van der Waals surface area contributed by atoms with Crippen LogP contribution in [0.15, 0.2) is 12.7 Å². The van der Waals surface area contributed by atoms with Crippen molar-refractivity contribution < 1.29 is 30.0 Å². The van der Waals surface area contributed by atoms with Crippen molar-refractivity contribution in [2.45, 2.75) is 0 Å². The van der Waals surface area contributed by atoms with Gasteiger partial charge in [-0.05, 0) is 0 Å². The Morgan fingerprint density at radius 2 is 1.76 bits per heavy atom. The molecule has 1 heterocycles. The van der Waals surface area contributed by atoms with Crippen LogP contribution in [0, 0.1) is 0 Å². The summed E-state index contributed by atoms with van der Waals surface area (Å²) in [5.74, 6) is -0.981. The Labute approximate surface area is 95.7 Å². The van der Waals surface area contributed by atoms with Crippen LogP contribution in [0.5, 0.6) is 18.0 Å². The lowest BCUT2D eigenvalue weighted by molar-refractivity contribution is -0.131. The molecular weight excluding hydrogens is 234 g/mol. The van der Waals surface area contributed by atoms with Gasteiger partial charge in [0, 0.05) is 6.08 Å². The fraction of sp³-hybridized carbons (Fsp3) is 0.250. The van der Waals surface area contributed by atoms with Gasteiger partial charge in [-0.2, -0.15) is 0 Å². The molecular formula is C8H11N3O6. The zero-order chi connectivity index (χ0) is 13.3. The largest absolute Gasteiger partial charge is 0.479 e. The molecule has 0 aromatic carbocycles. The Morgan fingerprint density at radius 1 is 1.29 bits per heavy atom. The number of aliphatic carboxylic acids is 1. The van der Waals surface area contributed by atoms with Crippen molar-refractivity contribution in [2.24, 2.45) is 0 Å². The van der Waals surface area contributed by atoms with E-state index < -0.39 is 18.0 Å². The number of carboxylic acid groups (broad SMARTS) is 1. The maximum absolute atomic E-state index is 9.25. The molecule has 0 amide bonds. The normalized spacial score (nSPS) is 8.76. The zero-order valence-corrected chi connectivity index (χ0v) is 8.65. The Bertz CT molecular complexity index is 363. The predicted octanol–water partition coefficient (Wildman–Crippen LogP) is -1.09. The van der Waals surface area contributed by atoms with E-state index in [4.69, 9.17) is 20.4 Å². The summed E-state index contributed by atoms with van der Waals surface area (Å²) < 4.78 is 4.68. The number of aromatic nitrogens is 3. The Hall–Kier alpha value is -2.42. The van der Waals surface area contributed by atoms with Gasteiger partial charge in [-0.15, -0.1) is 15.0 Å². The molecule has 0 atom stereocenters. The summed E-state index contributed by atoms with van der Waals surface area (Å²) in [4.78, 5) is 19.0. The number of hydrogen-bond acceptors (Lipinski definition) is 8. The molecule has 0 spiro atoms. The van der Waals surface area contributed by atoms with Crippen LogP contribution in [0.25, 0.3) is 0 Å². The molecule has 94 valence electrons. The first-order valence-corrected chi connectivity index (χ1v) is 4.22. The molecule has 0 radical (unpaired) electrons. The zero-order valence-electron chi connectivity index (χ0n) is 8.65. The summed E-state index contributed by atoms with van der Waals surface area (Å²) in [6.45, 7) is 2.75. The van der Waals surface area contributed by atoms with Crippen LogP contribution in [-0.4, -0.2) is 54.6 Å². The van der Waals surface area contributed by atoms with Gasteiger partial charge in [-0.25, -0.2) is 4.79 Å². The van der Waals surface area contributed by atoms with Crippen molar-refractivity contribution in [1.82, 2.24) is 15.0 Å². The molecule has 4 N–H and O–H groups in total. The van der Waals surface area contributed by atoms with Crippen LogP contribution >= 0.6 is 0 Å². The van der Waals surface area contributed by atoms with E-state index in [0.717, 1.165) is 6.08 Å². The Balaban J connectivity index is 0.000000437. The SMILES string of the molecule is C=CC(=O)O.OCCOc1nc(O)nc(O)n1. The molecule has 0 unspecified atom stereocenters. The monoisotopic (exact) mass is 245 g/mol. The van der Waals surface area contributed by atoms with Crippen LogP contribution in [0.3, 0.4) is 0 Å². The van der Waals surface area contributed by atoms with Gasteiger partial charge in [0.2, 0.25) is 0 Å². The van der Waals surface area contributed by atoms with Crippen molar-refractivity contribution in [3.05, 3.63) is 12.7 Å². The number of aliphatic hydroxyl groups excluding tert-OH is 1. The Kier molecular flexibility index (Phi) is 6.71. The van der Waals surface area contributed by atoms with Crippen LogP contribution < -0.4 is 4.74 Å². The number of aliphatic hydroxyl groups is 1. The lowest BCUT2D eigenvalue weighted by atomic mass is 10.7. The first kappa shape index (κ1) is 14.6. The Morgan fingerprint density at radius 3 is 2.12 bits per heavy atom. The second-order valence-electron chi connectivity index (χ2n) is 2.33. The summed E-state index contributed by atoms with van der Waals surface area (Å²) in [5.41, 5.74) is 0. The maximum Gasteiger partial charge on any atom is 0.327 e. The third-order valence-electron chi connectivity index (χ3n) is 1.09. The fourth-order valence-corrected chi connectivity index (χ4v) is 0.537. The predicted molar refractivity (Wildman–Crippen MR) is 53.6 cm³/mol. The molecule has 1 aromatic rings. The number of ether oxygens (including phenoxy) is 1. The van der Waals surface area contributed by atoms with E-state index in [0.29, 0.717) is 0 Å². The van der Waals surface area contributed by atoms with E-state index in [1.165, 1.54) is 0 Å².